The highest BCUT2D eigenvalue weighted by molar-refractivity contribution is 9.10. The molecule has 0 radical (unpaired) electrons. The number of nitrogen functional groups attached to an aromatic ring is 1. The third-order valence-electron chi connectivity index (χ3n) is 2.82. The summed E-state index contributed by atoms with van der Waals surface area (Å²) in [7, 11) is -4.00. The van der Waals surface area contributed by atoms with E-state index in [2.05, 4.69) is 20.9 Å². The lowest BCUT2D eigenvalue weighted by Gasteiger charge is -2.23. The standard InChI is InChI=1S/C13H13BrFN3O2S/c1-2-18(11-6-4-3-5-10(11)15)21(19,20)12-7-9(14)8-17-13(12)16/h3-8H,2H2,1H3,(H2,16,17). The second kappa shape index (κ2) is 5.98. The van der Waals surface area contributed by atoms with Crippen molar-refractivity contribution < 1.29 is 12.8 Å². The van der Waals surface area contributed by atoms with Gasteiger partial charge in [0.15, 0.2) is 0 Å². The molecule has 21 heavy (non-hydrogen) atoms. The Morgan fingerprint density at radius 3 is 2.67 bits per heavy atom. The molecule has 0 atom stereocenters. The predicted octanol–water partition coefficient (Wildman–Crippen LogP) is 2.78. The molecule has 0 amide bonds. The minimum absolute atomic E-state index is 0.0284. The van der Waals surface area contributed by atoms with Gasteiger partial charge in [-0.15, -0.1) is 0 Å². The third-order valence-corrected chi connectivity index (χ3v) is 5.18. The van der Waals surface area contributed by atoms with Crippen molar-refractivity contribution in [2.24, 2.45) is 0 Å². The van der Waals surface area contributed by atoms with E-state index in [0.717, 1.165) is 4.31 Å². The molecule has 0 aliphatic rings. The Labute approximate surface area is 130 Å². The van der Waals surface area contributed by atoms with Crippen molar-refractivity contribution in [3.8, 4) is 0 Å². The Kier molecular flexibility index (Phi) is 4.48. The van der Waals surface area contributed by atoms with Gasteiger partial charge < -0.3 is 5.73 Å². The number of halogens is 2. The number of nitrogens with zero attached hydrogens (tertiary/aromatic N) is 2. The van der Waals surface area contributed by atoms with Crippen LogP contribution in [0.15, 0.2) is 45.9 Å². The second-order valence-electron chi connectivity index (χ2n) is 4.16. The quantitative estimate of drug-likeness (QED) is 0.893. The summed E-state index contributed by atoms with van der Waals surface area (Å²) in [4.78, 5) is 3.64. The first-order valence-corrected chi connectivity index (χ1v) is 8.29. The van der Waals surface area contributed by atoms with Gasteiger partial charge in [-0.2, -0.15) is 0 Å². The molecule has 112 valence electrons. The first-order valence-electron chi connectivity index (χ1n) is 6.06. The van der Waals surface area contributed by atoms with Crippen LogP contribution in [0.5, 0.6) is 0 Å². The molecule has 0 fully saturated rings. The maximum absolute atomic E-state index is 13.9. The van der Waals surface area contributed by atoms with Gasteiger partial charge in [0.05, 0.1) is 5.69 Å². The van der Waals surface area contributed by atoms with Crippen LogP contribution in [0.3, 0.4) is 0 Å². The number of hydrogen-bond donors (Lipinski definition) is 1. The van der Waals surface area contributed by atoms with Crippen molar-refractivity contribution in [2.75, 3.05) is 16.6 Å². The largest absolute Gasteiger partial charge is 0.383 e. The number of benzene rings is 1. The summed E-state index contributed by atoms with van der Waals surface area (Å²) in [5.41, 5.74) is 5.62. The molecule has 0 aliphatic heterocycles. The van der Waals surface area contributed by atoms with Crippen LogP contribution in [0.25, 0.3) is 0 Å². The number of hydrogen-bond acceptors (Lipinski definition) is 4. The number of pyridine rings is 1. The molecular formula is C13H13BrFN3O2S. The minimum Gasteiger partial charge on any atom is -0.383 e. The van der Waals surface area contributed by atoms with Gasteiger partial charge in [0.2, 0.25) is 0 Å². The maximum Gasteiger partial charge on any atom is 0.268 e. The van der Waals surface area contributed by atoms with Crippen molar-refractivity contribution in [2.45, 2.75) is 11.8 Å². The number of sulfonamides is 1. The molecule has 5 nitrogen and oxygen atoms in total. The van der Waals surface area contributed by atoms with E-state index in [1.807, 2.05) is 0 Å². The summed E-state index contributed by atoms with van der Waals surface area (Å²) in [6.45, 7) is 1.68. The number of para-hydroxylation sites is 1. The molecule has 0 saturated carbocycles. The first kappa shape index (κ1) is 15.7. The zero-order valence-corrected chi connectivity index (χ0v) is 13.5. The van der Waals surface area contributed by atoms with E-state index in [9.17, 15) is 12.8 Å². The van der Waals surface area contributed by atoms with Crippen LogP contribution in [0.2, 0.25) is 0 Å². The predicted molar refractivity (Wildman–Crippen MR) is 83.0 cm³/mol. The van der Waals surface area contributed by atoms with E-state index in [1.165, 1.54) is 30.5 Å². The summed E-state index contributed by atoms with van der Waals surface area (Å²) in [5.74, 6) is -0.752. The Balaban J connectivity index is 2.61. The van der Waals surface area contributed by atoms with Crippen molar-refractivity contribution in [3.63, 3.8) is 0 Å². The highest BCUT2D eigenvalue weighted by Crippen LogP contribution is 2.29. The fourth-order valence-electron chi connectivity index (χ4n) is 1.88. The molecule has 0 bridgehead atoms. The Morgan fingerprint density at radius 2 is 2.05 bits per heavy atom. The Hall–Kier alpha value is -1.67. The zero-order valence-electron chi connectivity index (χ0n) is 11.1. The lowest BCUT2D eigenvalue weighted by atomic mass is 10.3. The van der Waals surface area contributed by atoms with Crippen molar-refractivity contribution in [1.29, 1.82) is 0 Å². The molecular weight excluding hydrogens is 361 g/mol. The molecule has 2 rings (SSSR count). The van der Waals surface area contributed by atoms with Gasteiger partial charge in [-0.05, 0) is 41.1 Å². The smallest absolute Gasteiger partial charge is 0.268 e. The summed E-state index contributed by atoms with van der Waals surface area (Å²) in [5, 5.41) is 0. The summed E-state index contributed by atoms with van der Waals surface area (Å²) < 4.78 is 40.7. The van der Waals surface area contributed by atoms with Gasteiger partial charge in [-0.3, -0.25) is 4.31 Å². The Morgan fingerprint density at radius 1 is 1.38 bits per heavy atom. The fraction of sp³-hybridized carbons (Fsp3) is 0.154. The van der Waals surface area contributed by atoms with E-state index >= 15 is 0 Å². The van der Waals surface area contributed by atoms with Gasteiger partial charge in [0, 0.05) is 17.2 Å². The fourth-order valence-corrected chi connectivity index (χ4v) is 3.94. The van der Waals surface area contributed by atoms with E-state index in [-0.39, 0.29) is 22.9 Å². The summed E-state index contributed by atoms with van der Waals surface area (Å²) in [6.07, 6.45) is 1.40. The lowest BCUT2D eigenvalue weighted by Crippen LogP contribution is -2.32. The summed E-state index contributed by atoms with van der Waals surface area (Å²) >= 11 is 3.16. The number of rotatable bonds is 4. The molecule has 0 saturated heterocycles. The maximum atomic E-state index is 13.9. The molecule has 0 unspecified atom stereocenters. The van der Waals surface area contributed by atoms with Crippen LogP contribution >= 0.6 is 15.9 Å². The molecule has 1 aromatic carbocycles. The van der Waals surface area contributed by atoms with Crippen LogP contribution in [-0.4, -0.2) is 19.9 Å². The van der Waals surface area contributed by atoms with E-state index in [4.69, 9.17) is 5.73 Å². The second-order valence-corrected chi connectivity index (χ2v) is 6.90. The monoisotopic (exact) mass is 373 g/mol. The highest BCUT2D eigenvalue weighted by atomic mass is 79.9. The number of anilines is 2. The van der Waals surface area contributed by atoms with Crippen molar-refractivity contribution in [1.82, 2.24) is 4.98 Å². The topological polar surface area (TPSA) is 76.3 Å². The molecule has 2 N–H and O–H groups in total. The van der Waals surface area contributed by atoms with Crippen molar-refractivity contribution >= 4 is 37.5 Å². The van der Waals surface area contributed by atoms with Crippen LogP contribution in [0, 0.1) is 5.82 Å². The normalized spacial score (nSPS) is 11.4. The average molecular weight is 374 g/mol. The number of aromatic nitrogens is 1. The van der Waals surface area contributed by atoms with Crippen LogP contribution in [0.1, 0.15) is 6.92 Å². The number of nitrogens with two attached hydrogens (primary N) is 1. The van der Waals surface area contributed by atoms with Gasteiger partial charge in [-0.25, -0.2) is 17.8 Å². The molecule has 0 spiro atoms. The van der Waals surface area contributed by atoms with Crippen LogP contribution in [-0.2, 0) is 10.0 Å². The lowest BCUT2D eigenvalue weighted by molar-refractivity contribution is 0.586. The van der Waals surface area contributed by atoms with Crippen molar-refractivity contribution in [3.05, 3.63) is 46.8 Å². The molecule has 8 heteroatoms. The van der Waals surface area contributed by atoms with Gasteiger partial charge in [0.1, 0.15) is 16.5 Å². The van der Waals surface area contributed by atoms with E-state index in [0.29, 0.717) is 4.47 Å². The first-order chi connectivity index (χ1) is 9.87. The molecule has 1 aromatic heterocycles. The third kappa shape index (κ3) is 3.01. The van der Waals surface area contributed by atoms with Gasteiger partial charge in [-0.1, -0.05) is 12.1 Å². The van der Waals surface area contributed by atoms with E-state index < -0.39 is 15.8 Å². The average Bonchev–Trinajstić information content (AvgIpc) is 2.44. The highest BCUT2D eigenvalue weighted by Gasteiger charge is 2.28. The Bertz CT molecular complexity index is 768. The SMILES string of the molecule is CCN(c1ccccc1F)S(=O)(=O)c1cc(Br)cnc1N. The summed E-state index contributed by atoms with van der Waals surface area (Å²) in [6, 6.07) is 7.02. The zero-order chi connectivity index (χ0) is 15.6. The molecule has 1 heterocycles. The molecule has 0 aliphatic carbocycles. The van der Waals surface area contributed by atoms with Gasteiger partial charge >= 0.3 is 0 Å². The van der Waals surface area contributed by atoms with Crippen LogP contribution < -0.4 is 10.0 Å². The van der Waals surface area contributed by atoms with Gasteiger partial charge in [0.25, 0.3) is 10.0 Å². The van der Waals surface area contributed by atoms with Crippen LogP contribution in [0.4, 0.5) is 15.9 Å². The molecule has 2 aromatic rings. The minimum atomic E-state index is -4.00. The van der Waals surface area contributed by atoms with E-state index in [1.54, 1.807) is 13.0 Å².